The van der Waals surface area contributed by atoms with Crippen molar-refractivity contribution in [1.29, 1.82) is 0 Å². The average molecular weight is 298 g/mol. The molecule has 19 heavy (non-hydrogen) atoms. The zero-order valence-electron chi connectivity index (χ0n) is 10.4. The van der Waals surface area contributed by atoms with E-state index in [1.54, 1.807) is 6.08 Å². The van der Waals surface area contributed by atoms with Crippen molar-refractivity contribution in [3.8, 4) is 0 Å². The molecule has 2 aliphatic rings. The van der Waals surface area contributed by atoms with Gasteiger partial charge in [0.2, 0.25) is 0 Å². The maximum absolute atomic E-state index is 11.3. The van der Waals surface area contributed by atoms with E-state index >= 15 is 0 Å². The molecule has 0 saturated heterocycles. The minimum Gasteiger partial charge on any atom is -0.307 e. The van der Waals surface area contributed by atoms with Crippen LogP contribution in [-0.2, 0) is 9.84 Å². The Labute approximate surface area is 118 Å². The monoisotopic (exact) mass is 297 g/mol. The first-order chi connectivity index (χ1) is 9.02. The van der Waals surface area contributed by atoms with Crippen molar-refractivity contribution in [1.82, 2.24) is 5.32 Å². The number of rotatable bonds is 3. The molecular weight excluding hydrogens is 282 g/mol. The molecule has 1 aromatic carbocycles. The third kappa shape index (κ3) is 3.02. The van der Waals surface area contributed by atoms with Gasteiger partial charge in [0.1, 0.15) is 0 Å². The van der Waals surface area contributed by atoms with Crippen LogP contribution >= 0.6 is 11.6 Å². The highest BCUT2D eigenvalue weighted by molar-refractivity contribution is 7.94. The standard InChI is InChI=1S/C14H16ClNO2S/c15-12-3-1-2-10(6-12)11-7-14(8-11)16-13-4-5-19(17,18)9-13/h1-6,11,13-14,16H,7-9H2. The molecule has 1 heterocycles. The Morgan fingerprint density at radius 3 is 2.68 bits per heavy atom. The maximum atomic E-state index is 11.3. The number of hydrogen-bond donors (Lipinski definition) is 1. The Morgan fingerprint density at radius 2 is 2.05 bits per heavy atom. The fourth-order valence-electron chi connectivity index (χ4n) is 2.77. The molecule has 1 aliphatic carbocycles. The molecule has 1 atom stereocenters. The van der Waals surface area contributed by atoms with Crippen LogP contribution in [0.15, 0.2) is 35.7 Å². The van der Waals surface area contributed by atoms with Crippen LogP contribution in [0.3, 0.4) is 0 Å². The summed E-state index contributed by atoms with van der Waals surface area (Å²) in [7, 11) is -2.96. The molecule has 1 saturated carbocycles. The maximum Gasteiger partial charge on any atom is 0.173 e. The molecule has 5 heteroatoms. The summed E-state index contributed by atoms with van der Waals surface area (Å²) in [6, 6.07) is 8.37. The van der Waals surface area contributed by atoms with Gasteiger partial charge in [-0.3, -0.25) is 0 Å². The van der Waals surface area contributed by atoms with Crippen molar-refractivity contribution < 1.29 is 8.42 Å². The fraction of sp³-hybridized carbons (Fsp3) is 0.429. The lowest BCUT2D eigenvalue weighted by Crippen LogP contribution is -2.45. The summed E-state index contributed by atoms with van der Waals surface area (Å²) in [6.07, 6.45) is 3.84. The molecule has 0 spiro atoms. The summed E-state index contributed by atoms with van der Waals surface area (Å²) >= 11 is 5.98. The van der Waals surface area contributed by atoms with E-state index in [1.165, 1.54) is 11.0 Å². The Bertz CT molecular complexity index is 606. The number of sulfone groups is 1. The third-order valence-corrected chi connectivity index (χ3v) is 5.47. The minimum absolute atomic E-state index is 0.0182. The van der Waals surface area contributed by atoms with E-state index in [0.717, 1.165) is 17.9 Å². The van der Waals surface area contributed by atoms with E-state index < -0.39 is 9.84 Å². The van der Waals surface area contributed by atoms with Gasteiger partial charge in [0.15, 0.2) is 9.84 Å². The van der Waals surface area contributed by atoms with Gasteiger partial charge < -0.3 is 5.32 Å². The first-order valence-electron chi connectivity index (χ1n) is 6.44. The molecule has 1 fully saturated rings. The third-order valence-electron chi connectivity index (χ3n) is 3.84. The molecule has 3 nitrogen and oxygen atoms in total. The lowest BCUT2D eigenvalue weighted by molar-refractivity contribution is 0.283. The molecule has 1 N–H and O–H groups in total. The summed E-state index contributed by atoms with van der Waals surface area (Å²) in [5.41, 5.74) is 1.28. The van der Waals surface area contributed by atoms with Gasteiger partial charge in [-0.1, -0.05) is 29.8 Å². The first kappa shape index (κ1) is 13.2. The Balaban J connectivity index is 1.53. The zero-order chi connectivity index (χ0) is 13.5. The summed E-state index contributed by atoms with van der Waals surface area (Å²) in [5.74, 6) is 0.740. The van der Waals surface area contributed by atoms with Crippen LogP contribution in [0.2, 0.25) is 5.02 Å². The summed E-state index contributed by atoms with van der Waals surface area (Å²) in [4.78, 5) is 0. The van der Waals surface area contributed by atoms with Gasteiger partial charge in [0.05, 0.1) is 5.75 Å². The fourth-order valence-corrected chi connectivity index (χ4v) is 4.22. The molecule has 3 rings (SSSR count). The minimum atomic E-state index is -2.96. The van der Waals surface area contributed by atoms with Crippen LogP contribution in [0, 0.1) is 0 Å². The summed E-state index contributed by atoms with van der Waals surface area (Å²) < 4.78 is 22.6. The second-order valence-electron chi connectivity index (χ2n) is 5.35. The molecule has 1 unspecified atom stereocenters. The Kier molecular flexibility index (Phi) is 3.41. The second kappa shape index (κ2) is 4.93. The van der Waals surface area contributed by atoms with Crippen molar-refractivity contribution in [3.63, 3.8) is 0 Å². The lowest BCUT2D eigenvalue weighted by atomic mass is 9.75. The quantitative estimate of drug-likeness (QED) is 0.932. The van der Waals surface area contributed by atoms with Gasteiger partial charge in [0.25, 0.3) is 0 Å². The van der Waals surface area contributed by atoms with Crippen LogP contribution in [-0.4, -0.2) is 26.3 Å². The predicted molar refractivity (Wildman–Crippen MR) is 77.1 cm³/mol. The van der Waals surface area contributed by atoms with Crippen LogP contribution < -0.4 is 5.32 Å². The molecule has 1 aliphatic heterocycles. The van der Waals surface area contributed by atoms with Crippen LogP contribution in [0.5, 0.6) is 0 Å². The van der Waals surface area contributed by atoms with Crippen molar-refractivity contribution in [2.24, 2.45) is 0 Å². The number of halogens is 1. The molecule has 1 aromatic rings. The Hall–Kier alpha value is -0.840. The highest BCUT2D eigenvalue weighted by Crippen LogP contribution is 2.38. The molecular formula is C14H16ClNO2S. The van der Waals surface area contributed by atoms with E-state index in [9.17, 15) is 8.42 Å². The highest BCUT2D eigenvalue weighted by atomic mass is 35.5. The van der Waals surface area contributed by atoms with Gasteiger partial charge in [-0.05, 0) is 36.5 Å². The zero-order valence-corrected chi connectivity index (χ0v) is 12.0. The SMILES string of the molecule is O=S1(=O)C=CC(NC2CC(c3cccc(Cl)c3)C2)C1. The van der Waals surface area contributed by atoms with Crippen molar-refractivity contribution >= 4 is 21.4 Å². The first-order valence-corrected chi connectivity index (χ1v) is 8.54. The number of nitrogens with one attached hydrogen (secondary N) is 1. The van der Waals surface area contributed by atoms with Crippen molar-refractivity contribution in [3.05, 3.63) is 46.3 Å². The molecule has 0 bridgehead atoms. The normalized spacial score (nSPS) is 32.2. The molecule has 0 aromatic heterocycles. The topological polar surface area (TPSA) is 46.2 Å². The van der Waals surface area contributed by atoms with Gasteiger partial charge in [-0.15, -0.1) is 0 Å². The summed E-state index contributed by atoms with van der Waals surface area (Å²) in [6.45, 7) is 0. The number of benzene rings is 1. The highest BCUT2D eigenvalue weighted by Gasteiger charge is 2.33. The predicted octanol–water partition coefficient (Wildman–Crippen LogP) is 2.49. The molecule has 102 valence electrons. The van der Waals surface area contributed by atoms with Crippen molar-refractivity contribution in [2.45, 2.75) is 30.8 Å². The van der Waals surface area contributed by atoms with Gasteiger partial charge in [-0.25, -0.2) is 8.42 Å². The smallest absolute Gasteiger partial charge is 0.173 e. The Morgan fingerprint density at radius 1 is 1.26 bits per heavy atom. The van der Waals surface area contributed by atoms with E-state index in [4.69, 9.17) is 11.6 Å². The molecule has 0 amide bonds. The van der Waals surface area contributed by atoms with Crippen LogP contribution in [0.25, 0.3) is 0 Å². The second-order valence-corrected chi connectivity index (χ2v) is 7.72. The van der Waals surface area contributed by atoms with Crippen molar-refractivity contribution in [2.75, 3.05) is 5.75 Å². The van der Waals surface area contributed by atoms with Gasteiger partial charge >= 0.3 is 0 Å². The molecule has 0 radical (unpaired) electrons. The number of hydrogen-bond acceptors (Lipinski definition) is 3. The van der Waals surface area contributed by atoms with Gasteiger partial charge in [0, 0.05) is 22.5 Å². The van der Waals surface area contributed by atoms with Crippen LogP contribution in [0.4, 0.5) is 0 Å². The largest absolute Gasteiger partial charge is 0.307 e. The summed E-state index contributed by atoms with van der Waals surface area (Å²) in [5, 5.41) is 5.48. The van der Waals surface area contributed by atoms with Gasteiger partial charge in [-0.2, -0.15) is 0 Å². The van der Waals surface area contributed by atoms with E-state index in [1.807, 2.05) is 18.2 Å². The lowest BCUT2D eigenvalue weighted by Gasteiger charge is -2.37. The van der Waals surface area contributed by atoms with E-state index in [2.05, 4.69) is 11.4 Å². The van der Waals surface area contributed by atoms with E-state index in [-0.39, 0.29) is 11.8 Å². The van der Waals surface area contributed by atoms with Crippen LogP contribution in [0.1, 0.15) is 24.3 Å². The average Bonchev–Trinajstić information content (AvgIpc) is 2.63. The van der Waals surface area contributed by atoms with E-state index in [0.29, 0.717) is 12.0 Å².